The van der Waals surface area contributed by atoms with E-state index in [0.717, 1.165) is 22.3 Å². The van der Waals surface area contributed by atoms with E-state index >= 15 is 0 Å². The molecule has 0 saturated carbocycles. The van der Waals surface area contributed by atoms with Gasteiger partial charge in [0, 0.05) is 5.56 Å². The predicted octanol–water partition coefficient (Wildman–Crippen LogP) is 6.42. The van der Waals surface area contributed by atoms with Gasteiger partial charge in [0.1, 0.15) is 11.5 Å². The van der Waals surface area contributed by atoms with Crippen molar-refractivity contribution in [3.8, 4) is 22.6 Å². The quantitative estimate of drug-likeness (QED) is 0.305. The van der Waals surface area contributed by atoms with E-state index in [1.54, 1.807) is 30.3 Å². The van der Waals surface area contributed by atoms with Crippen LogP contribution in [0.25, 0.3) is 21.9 Å². The molecule has 6 heteroatoms. The lowest BCUT2D eigenvalue weighted by Gasteiger charge is -2.10. The van der Waals surface area contributed by atoms with Crippen molar-refractivity contribution in [3.05, 3.63) is 127 Å². The summed E-state index contributed by atoms with van der Waals surface area (Å²) in [6, 6.07) is 36.0. The summed E-state index contributed by atoms with van der Waals surface area (Å²) >= 11 is 0. The maximum atomic E-state index is 12.9. The first kappa shape index (κ1) is 22.4. The van der Waals surface area contributed by atoms with Crippen LogP contribution in [-0.4, -0.2) is 14.3 Å². The van der Waals surface area contributed by atoms with Crippen LogP contribution in [0.4, 0.5) is 0 Å². The molecule has 0 aliphatic heterocycles. The smallest absolute Gasteiger partial charge is 0.265 e. The van der Waals surface area contributed by atoms with Crippen molar-refractivity contribution >= 4 is 26.7 Å². The van der Waals surface area contributed by atoms with Crippen LogP contribution in [-0.2, 0) is 10.0 Å². The second kappa shape index (κ2) is 9.44. The molecule has 0 unspecified atom stereocenters. The molecule has 1 amide bonds. The van der Waals surface area contributed by atoms with Gasteiger partial charge in [0.05, 0.1) is 4.90 Å². The second-order valence-electron chi connectivity index (χ2n) is 7.93. The third-order valence-corrected chi connectivity index (χ3v) is 6.94. The lowest BCUT2D eigenvalue weighted by Crippen LogP contribution is -2.30. The third kappa shape index (κ3) is 4.93. The maximum absolute atomic E-state index is 12.9. The topological polar surface area (TPSA) is 72.5 Å². The Kier molecular flexibility index (Phi) is 6.04. The zero-order valence-corrected chi connectivity index (χ0v) is 19.4. The average molecular weight is 480 g/mol. The Bertz CT molecular complexity index is 1590. The van der Waals surface area contributed by atoms with Crippen molar-refractivity contribution in [1.29, 1.82) is 0 Å². The second-order valence-corrected chi connectivity index (χ2v) is 9.61. The number of carbonyl (C=O) groups is 1. The standard InChI is InChI=1S/C29H21NO4S/c31-29(28-12-6-8-23-7-4-5-11-27(23)28)30-35(32,33)26-19-15-22(16-20-26)21-13-17-25(18-14-21)34-24-9-2-1-3-10-24/h1-20H,(H,30,31). The van der Waals surface area contributed by atoms with Gasteiger partial charge in [-0.3, -0.25) is 4.79 Å². The highest BCUT2D eigenvalue weighted by molar-refractivity contribution is 7.90. The Labute approximate surface area is 203 Å². The summed E-state index contributed by atoms with van der Waals surface area (Å²) < 4.78 is 33.7. The van der Waals surface area contributed by atoms with Crippen LogP contribution in [0.3, 0.4) is 0 Å². The first-order chi connectivity index (χ1) is 17.0. The number of ether oxygens (including phenoxy) is 1. The zero-order chi connectivity index (χ0) is 24.3. The molecule has 0 bridgehead atoms. The molecule has 0 atom stereocenters. The van der Waals surface area contributed by atoms with Crippen molar-refractivity contribution < 1.29 is 17.9 Å². The molecule has 5 aromatic rings. The van der Waals surface area contributed by atoms with Gasteiger partial charge in [-0.15, -0.1) is 0 Å². The fourth-order valence-corrected chi connectivity index (χ4v) is 4.79. The van der Waals surface area contributed by atoms with E-state index in [-0.39, 0.29) is 4.90 Å². The highest BCUT2D eigenvalue weighted by Gasteiger charge is 2.20. The van der Waals surface area contributed by atoms with Crippen LogP contribution in [0.5, 0.6) is 11.5 Å². The van der Waals surface area contributed by atoms with E-state index in [2.05, 4.69) is 4.72 Å². The van der Waals surface area contributed by atoms with Crippen LogP contribution >= 0.6 is 0 Å². The molecule has 0 aromatic heterocycles. The number of amides is 1. The van der Waals surface area contributed by atoms with E-state index in [1.165, 1.54) is 12.1 Å². The van der Waals surface area contributed by atoms with E-state index < -0.39 is 15.9 Å². The maximum Gasteiger partial charge on any atom is 0.265 e. The summed E-state index contributed by atoms with van der Waals surface area (Å²) in [7, 11) is -4.04. The molecular weight excluding hydrogens is 458 g/mol. The van der Waals surface area contributed by atoms with Gasteiger partial charge in [-0.2, -0.15) is 0 Å². The van der Waals surface area contributed by atoms with E-state index in [1.807, 2.05) is 78.9 Å². The fourth-order valence-electron chi connectivity index (χ4n) is 3.83. The van der Waals surface area contributed by atoms with Crippen LogP contribution in [0.1, 0.15) is 10.4 Å². The molecule has 5 rings (SSSR count). The Morgan fingerprint density at radius 3 is 1.89 bits per heavy atom. The summed E-state index contributed by atoms with van der Waals surface area (Å²) in [4.78, 5) is 12.8. The summed E-state index contributed by atoms with van der Waals surface area (Å²) in [6.45, 7) is 0. The summed E-state index contributed by atoms with van der Waals surface area (Å²) in [5.74, 6) is 0.788. The van der Waals surface area contributed by atoms with Crippen LogP contribution < -0.4 is 9.46 Å². The van der Waals surface area contributed by atoms with Gasteiger partial charge in [-0.1, -0.05) is 78.9 Å². The van der Waals surface area contributed by atoms with Crippen molar-refractivity contribution in [3.63, 3.8) is 0 Å². The van der Waals surface area contributed by atoms with Gasteiger partial charge in [-0.25, -0.2) is 13.1 Å². The van der Waals surface area contributed by atoms with Crippen LogP contribution in [0.15, 0.2) is 126 Å². The van der Waals surface area contributed by atoms with Gasteiger partial charge < -0.3 is 4.74 Å². The molecule has 172 valence electrons. The highest BCUT2D eigenvalue weighted by Crippen LogP contribution is 2.27. The summed E-state index contributed by atoms with van der Waals surface area (Å²) in [5, 5.41) is 1.56. The van der Waals surface area contributed by atoms with E-state index in [9.17, 15) is 13.2 Å². The van der Waals surface area contributed by atoms with Crippen molar-refractivity contribution in [2.75, 3.05) is 0 Å². The molecule has 0 aliphatic carbocycles. The van der Waals surface area contributed by atoms with Crippen molar-refractivity contribution in [1.82, 2.24) is 4.72 Å². The number of hydrogen-bond acceptors (Lipinski definition) is 4. The van der Waals surface area contributed by atoms with Crippen molar-refractivity contribution in [2.45, 2.75) is 4.90 Å². The van der Waals surface area contributed by atoms with Crippen molar-refractivity contribution in [2.24, 2.45) is 0 Å². The van der Waals surface area contributed by atoms with Crippen LogP contribution in [0.2, 0.25) is 0 Å². The number of rotatable bonds is 6. The number of carbonyl (C=O) groups excluding carboxylic acids is 1. The molecule has 1 N–H and O–H groups in total. The lowest BCUT2D eigenvalue weighted by atomic mass is 10.0. The minimum Gasteiger partial charge on any atom is -0.457 e. The number of nitrogens with one attached hydrogen (secondary N) is 1. The molecule has 35 heavy (non-hydrogen) atoms. The number of sulfonamides is 1. The number of hydrogen-bond donors (Lipinski definition) is 1. The van der Waals surface area contributed by atoms with Gasteiger partial charge in [0.25, 0.3) is 15.9 Å². The molecule has 0 radical (unpaired) electrons. The molecule has 0 fully saturated rings. The monoisotopic (exact) mass is 479 g/mol. The van der Waals surface area contributed by atoms with Gasteiger partial charge in [0.2, 0.25) is 0 Å². The number of para-hydroxylation sites is 1. The van der Waals surface area contributed by atoms with Gasteiger partial charge in [-0.05, 0) is 64.4 Å². The lowest BCUT2D eigenvalue weighted by molar-refractivity contribution is 0.0983. The Hall–Kier alpha value is -4.42. The number of benzene rings is 5. The molecule has 0 heterocycles. The number of fused-ring (bicyclic) bond motifs is 1. The van der Waals surface area contributed by atoms with Gasteiger partial charge in [0.15, 0.2) is 0 Å². The Balaban J connectivity index is 1.31. The third-order valence-electron chi connectivity index (χ3n) is 5.59. The molecule has 0 aliphatic rings. The highest BCUT2D eigenvalue weighted by atomic mass is 32.2. The largest absolute Gasteiger partial charge is 0.457 e. The molecule has 0 spiro atoms. The van der Waals surface area contributed by atoms with E-state index in [4.69, 9.17) is 4.74 Å². The predicted molar refractivity (Wildman–Crippen MR) is 137 cm³/mol. The minimum atomic E-state index is -4.04. The zero-order valence-electron chi connectivity index (χ0n) is 18.6. The molecule has 5 nitrogen and oxygen atoms in total. The van der Waals surface area contributed by atoms with Crippen LogP contribution in [0, 0.1) is 0 Å². The molecular formula is C29H21NO4S. The SMILES string of the molecule is O=C(NS(=O)(=O)c1ccc(-c2ccc(Oc3ccccc3)cc2)cc1)c1cccc2ccccc12. The molecule has 0 saturated heterocycles. The first-order valence-corrected chi connectivity index (χ1v) is 12.5. The van der Waals surface area contributed by atoms with Gasteiger partial charge >= 0.3 is 0 Å². The normalized spacial score (nSPS) is 11.2. The molecule has 5 aromatic carbocycles. The summed E-state index contributed by atoms with van der Waals surface area (Å²) in [5.41, 5.74) is 2.06. The summed E-state index contributed by atoms with van der Waals surface area (Å²) in [6.07, 6.45) is 0. The minimum absolute atomic E-state index is 0.0128. The average Bonchev–Trinajstić information content (AvgIpc) is 2.89. The van der Waals surface area contributed by atoms with E-state index in [0.29, 0.717) is 16.7 Å². The Morgan fingerprint density at radius 2 is 1.17 bits per heavy atom. The first-order valence-electron chi connectivity index (χ1n) is 11.0. The Morgan fingerprint density at radius 1 is 0.600 bits per heavy atom. The fraction of sp³-hybridized carbons (Fsp3) is 0.